The number of aliphatic hydroxyl groups excluding tert-OH is 5. The standard InChI is InChI=1S/C12H20N2O9/c15-5-6(16)9(20)10(21)11(22)12(23)14-4-3-13-7(17)1-2-8(18)19/h1-2,6,9-11,15-16,20-22H,3-5H2,(H,13,17)(H,14,23)(H,18,19)/b2-1-. The molecule has 0 aromatic heterocycles. The number of carboxylic acids is 1. The summed E-state index contributed by atoms with van der Waals surface area (Å²) in [4.78, 5) is 32.7. The fourth-order valence-corrected chi connectivity index (χ4v) is 1.36. The Kier molecular flexibility index (Phi) is 9.69. The van der Waals surface area contributed by atoms with Gasteiger partial charge in [-0.05, 0) is 0 Å². The van der Waals surface area contributed by atoms with Crippen LogP contribution in [0.25, 0.3) is 0 Å². The largest absolute Gasteiger partial charge is 0.478 e. The summed E-state index contributed by atoms with van der Waals surface area (Å²) in [6.07, 6.45) is -6.34. The lowest BCUT2D eigenvalue weighted by Crippen LogP contribution is -2.52. The van der Waals surface area contributed by atoms with Gasteiger partial charge >= 0.3 is 5.97 Å². The highest BCUT2D eigenvalue weighted by atomic mass is 16.4. The summed E-state index contributed by atoms with van der Waals surface area (Å²) in [7, 11) is 0. The average molecular weight is 336 g/mol. The second-order valence-corrected chi connectivity index (χ2v) is 4.43. The molecule has 4 unspecified atom stereocenters. The summed E-state index contributed by atoms with van der Waals surface area (Å²) < 4.78 is 0. The lowest BCUT2D eigenvalue weighted by Gasteiger charge is -2.24. The van der Waals surface area contributed by atoms with Crippen LogP contribution in [-0.4, -0.2) is 92.5 Å². The van der Waals surface area contributed by atoms with Gasteiger partial charge in [0.1, 0.15) is 18.3 Å². The molecule has 11 heteroatoms. The molecule has 0 aromatic carbocycles. The zero-order valence-corrected chi connectivity index (χ0v) is 12.0. The highest BCUT2D eigenvalue weighted by molar-refractivity contribution is 5.93. The van der Waals surface area contributed by atoms with Crippen molar-refractivity contribution in [3.8, 4) is 0 Å². The number of carbonyl (C=O) groups is 3. The van der Waals surface area contributed by atoms with Crippen molar-refractivity contribution in [1.29, 1.82) is 0 Å². The van der Waals surface area contributed by atoms with Crippen LogP contribution in [0.5, 0.6) is 0 Å². The number of rotatable bonds is 10. The highest BCUT2D eigenvalue weighted by Gasteiger charge is 2.33. The Bertz CT molecular complexity index is 440. The third kappa shape index (κ3) is 8.23. The summed E-state index contributed by atoms with van der Waals surface area (Å²) in [5.74, 6) is -3.07. The first-order chi connectivity index (χ1) is 10.7. The monoisotopic (exact) mass is 336 g/mol. The predicted octanol–water partition coefficient (Wildman–Crippen LogP) is -4.70. The number of carbonyl (C=O) groups excluding carboxylic acids is 2. The van der Waals surface area contributed by atoms with Gasteiger partial charge in [0.15, 0.2) is 6.10 Å². The van der Waals surface area contributed by atoms with E-state index in [0.717, 1.165) is 6.08 Å². The Morgan fingerprint density at radius 2 is 1.48 bits per heavy atom. The van der Waals surface area contributed by atoms with Crippen molar-refractivity contribution < 1.29 is 45.0 Å². The second kappa shape index (κ2) is 10.6. The van der Waals surface area contributed by atoms with Gasteiger partial charge in [-0.25, -0.2) is 4.79 Å². The van der Waals surface area contributed by atoms with E-state index in [0.29, 0.717) is 6.08 Å². The minimum absolute atomic E-state index is 0.0842. The zero-order chi connectivity index (χ0) is 18.0. The summed E-state index contributed by atoms with van der Waals surface area (Å²) in [6.45, 7) is -1.10. The van der Waals surface area contributed by atoms with Crippen LogP contribution in [-0.2, 0) is 14.4 Å². The average Bonchev–Trinajstić information content (AvgIpc) is 2.53. The molecule has 0 saturated heterocycles. The van der Waals surface area contributed by atoms with Gasteiger partial charge in [0, 0.05) is 25.2 Å². The molecule has 0 bridgehead atoms. The maximum atomic E-state index is 11.5. The molecule has 0 radical (unpaired) electrons. The van der Waals surface area contributed by atoms with Gasteiger partial charge in [-0.3, -0.25) is 9.59 Å². The molecule has 2 amide bonds. The van der Waals surface area contributed by atoms with E-state index in [-0.39, 0.29) is 13.1 Å². The van der Waals surface area contributed by atoms with Gasteiger partial charge < -0.3 is 41.3 Å². The van der Waals surface area contributed by atoms with E-state index in [1.165, 1.54) is 0 Å². The molecule has 0 spiro atoms. The van der Waals surface area contributed by atoms with E-state index in [4.69, 9.17) is 15.3 Å². The first kappa shape index (κ1) is 20.9. The van der Waals surface area contributed by atoms with Crippen molar-refractivity contribution in [2.45, 2.75) is 24.4 Å². The Labute approximate surface area is 130 Å². The summed E-state index contributed by atoms with van der Waals surface area (Å²) in [5, 5.41) is 58.6. The van der Waals surface area contributed by atoms with E-state index in [9.17, 15) is 29.7 Å². The maximum Gasteiger partial charge on any atom is 0.328 e. The summed E-state index contributed by atoms with van der Waals surface area (Å²) in [5.41, 5.74) is 0. The lowest BCUT2D eigenvalue weighted by atomic mass is 10.0. The number of amides is 2. The Balaban J connectivity index is 4.15. The van der Waals surface area contributed by atoms with E-state index in [1.54, 1.807) is 0 Å². The third-order valence-electron chi connectivity index (χ3n) is 2.62. The van der Waals surface area contributed by atoms with Crippen LogP contribution in [0.2, 0.25) is 0 Å². The molecule has 4 atom stereocenters. The lowest BCUT2D eigenvalue weighted by molar-refractivity contribution is -0.148. The van der Waals surface area contributed by atoms with Gasteiger partial charge in [-0.15, -0.1) is 0 Å². The fourth-order valence-electron chi connectivity index (χ4n) is 1.36. The van der Waals surface area contributed by atoms with Crippen molar-refractivity contribution in [1.82, 2.24) is 10.6 Å². The van der Waals surface area contributed by atoms with Gasteiger partial charge in [-0.2, -0.15) is 0 Å². The number of nitrogens with one attached hydrogen (secondary N) is 2. The summed E-state index contributed by atoms with van der Waals surface area (Å²) in [6, 6.07) is 0. The Morgan fingerprint density at radius 1 is 0.913 bits per heavy atom. The molecule has 0 saturated carbocycles. The van der Waals surface area contributed by atoms with E-state index < -0.39 is 48.8 Å². The van der Waals surface area contributed by atoms with Gasteiger partial charge in [-0.1, -0.05) is 0 Å². The molecule has 0 rings (SSSR count). The molecule has 23 heavy (non-hydrogen) atoms. The highest BCUT2D eigenvalue weighted by Crippen LogP contribution is 2.05. The van der Waals surface area contributed by atoms with Crippen LogP contribution in [0.3, 0.4) is 0 Å². The van der Waals surface area contributed by atoms with Crippen LogP contribution in [0.1, 0.15) is 0 Å². The molecular formula is C12H20N2O9. The van der Waals surface area contributed by atoms with E-state index >= 15 is 0 Å². The van der Waals surface area contributed by atoms with Crippen LogP contribution in [0.4, 0.5) is 0 Å². The number of hydrogen-bond acceptors (Lipinski definition) is 8. The summed E-state index contributed by atoms with van der Waals surface area (Å²) >= 11 is 0. The van der Waals surface area contributed by atoms with Crippen molar-refractivity contribution in [3.63, 3.8) is 0 Å². The minimum Gasteiger partial charge on any atom is -0.478 e. The van der Waals surface area contributed by atoms with Crippen molar-refractivity contribution in [2.24, 2.45) is 0 Å². The van der Waals surface area contributed by atoms with Crippen molar-refractivity contribution in [2.75, 3.05) is 19.7 Å². The van der Waals surface area contributed by atoms with Gasteiger partial charge in [0.2, 0.25) is 5.91 Å². The molecule has 132 valence electrons. The maximum absolute atomic E-state index is 11.5. The van der Waals surface area contributed by atoms with Crippen LogP contribution in [0.15, 0.2) is 12.2 Å². The fraction of sp³-hybridized carbons (Fsp3) is 0.583. The first-order valence-electron chi connectivity index (χ1n) is 6.50. The van der Waals surface area contributed by atoms with Crippen LogP contribution in [0, 0.1) is 0 Å². The SMILES string of the molecule is O=C(O)/C=C\C(=O)NCCNC(=O)C(O)C(O)C(O)C(O)CO. The Hall–Kier alpha value is -2.05. The minimum atomic E-state index is -2.06. The number of hydrogen-bond donors (Lipinski definition) is 8. The predicted molar refractivity (Wildman–Crippen MR) is 73.9 cm³/mol. The molecule has 11 nitrogen and oxygen atoms in total. The van der Waals surface area contributed by atoms with Crippen LogP contribution >= 0.6 is 0 Å². The molecule has 0 fully saturated rings. The van der Waals surface area contributed by atoms with Crippen molar-refractivity contribution >= 4 is 17.8 Å². The van der Waals surface area contributed by atoms with E-state index in [1.807, 2.05) is 0 Å². The zero-order valence-electron chi connectivity index (χ0n) is 12.0. The number of aliphatic carboxylic acids is 1. The smallest absolute Gasteiger partial charge is 0.328 e. The molecule has 0 aliphatic heterocycles. The van der Waals surface area contributed by atoms with Gasteiger partial charge in [0.25, 0.3) is 5.91 Å². The van der Waals surface area contributed by atoms with Gasteiger partial charge in [0.05, 0.1) is 6.61 Å². The van der Waals surface area contributed by atoms with Crippen molar-refractivity contribution in [3.05, 3.63) is 12.2 Å². The first-order valence-corrected chi connectivity index (χ1v) is 6.50. The molecule has 0 aromatic rings. The van der Waals surface area contributed by atoms with Crippen LogP contribution < -0.4 is 10.6 Å². The molecule has 0 aliphatic rings. The molecular weight excluding hydrogens is 316 g/mol. The normalized spacial score (nSPS) is 16.4. The Morgan fingerprint density at radius 3 is 2.00 bits per heavy atom. The molecule has 0 aliphatic carbocycles. The quantitative estimate of drug-likeness (QED) is 0.143. The molecule has 0 heterocycles. The number of carboxylic acid groups (broad SMARTS) is 1. The third-order valence-corrected chi connectivity index (χ3v) is 2.62. The number of aliphatic hydroxyl groups is 5. The second-order valence-electron chi connectivity index (χ2n) is 4.43. The topological polar surface area (TPSA) is 197 Å². The van der Waals surface area contributed by atoms with E-state index in [2.05, 4.69) is 10.6 Å². The molecule has 8 N–H and O–H groups in total.